The molecule has 2 aromatic carbocycles. The fourth-order valence-corrected chi connectivity index (χ4v) is 2.22. The lowest BCUT2D eigenvalue weighted by Gasteiger charge is -2.06. The predicted molar refractivity (Wildman–Crippen MR) is 86.8 cm³/mol. The highest BCUT2D eigenvalue weighted by molar-refractivity contribution is 9.10. The lowest BCUT2D eigenvalue weighted by molar-refractivity contribution is 0.0954. The van der Waals surface area contributed by atoms with E-state index >= 15 is 0 Å². The molecule has 0 saturated heterocycles. The number of nitrogens with zero attached hydrogens (tertiary/aromatic N) is 1. The summed E-state index contributed by atoms with van der Waals surface area (Å²) in [5.74, 6) is 0.490. The zero-order valence-corrected chi connectivity index (χ0v) is 13.3. The van der Waals surface area contributed by atoms with E-state index in [1.807, 2.05) is 43.3 Å². The summed E-state index contributed by atoms with van der Waals surface area (Å²) in [5.41, 5.74) is 4.69. The summed E-state index contributed by atoms with van der Waals surface area (Å²) in [6, 6.07) is 14.7. The average molecular weight is 347 g/mol. The number of hydrazone groups is 1. The summed E-state index contributed by atoms with van der Waals surface area (Å²) in [5, 5.41) is 4.13. The number of carbonyl (C=O) groups is 1. The molecule has 0 aliphatic carbocycles. The van der Waals surface area contributed by atoms with E-state index in [2.05, 4.69) is 26.5 Å². The van der Waals surface area contributed by atoms with Crippen LogP contribution < -0.4 is 10.2 Å². The fourth-order valence-electron chi connectivity index (χ4n) is 1.75. The molecule has 0 unspecified atom stereocenters. The van der Waals surface area contributed by atoms with Crippen molar-refractivity contribution in [2.75, 3.05) is 7.11 Å². The van der Waals surface area contributed by atoms with Gasteiger partial charge in [0.1, 0.15) is 5.75 Å². The zero-order valence-electron chi connectivity index (χ0n) is 11.8. The maximum Gasteiger partial charge on any atom is 0.272 e. The maximum atomic E-state index is 12.1. The van der Waals surface area contributed by atoms with Gasteiger partial charge in [-0.2, -0.15) is 5.10 Å². The topological polar surface area (TPSA) is 50.7 Å². The van der Waals surface area contributed by atoms with Gasteiger partial charge in [0.05, 0.1) is 18.4 Å². The zero-order chi connectivity index (χ0) is 15.2. The van der Waals surface area contributed by atoms with Crippen molar-refractivity contribution in [3.8, 4) is 5.75 Å². The fraction of sp³-hybridized carbons (Fsp3) is 0.125. The first-order valence-corrected chi connectivity index (χ1v) is 7.14. The van der Waals surface area contributed by atoms with E-state index in [0.29, 0.717) is 11.3 Å². The molecular formula is C16H15BrN2O2. The van der Waals surface area contributed by atoms with Crippen LogP contribution in [0.15, 0.2) is 58.1 Å². The minimum absolute atomic E-state index is 0.260. The van der Waals surface area contributed by atoms with Gasteiger partial charge in [0.2, 0.25) is 0 Å². The molecule has 0 spiro atoms. The number of hydrogen-bond donors (Lipinski definition) is 1. The lowest BCUT2D eigenvalue weighted by atomic mass is 10.1. The van der Waals surface area contributed by atoms with Gasteiger partial charge in [0.25, 0.3) is 5.91 Å². The standard InChI is InChI=1S/C16H15BrN2O2/c1-11(12-6-5-7-13(10-12)21-2)18-19-16(20)14-8-3-4-9-15(14)17/h3-10H,1-2H3,(H,19,20). The molecule has 2 aromatic rings. The van der Waals surface area contributed by atoms with E-state index in [1.54, 1.807) is 19.2 Å². The van der Waals surface area contributed by atoms with E-state index in [0.717, 1.165) is 15.8 Å². The van der Waals surface area contributed by atoms with Gasteiger partial charge in [-0.05, 0) is 47.1 Å². The molecule has 108 valence electrons. The van der Waals surface area contributed by atoms with Crippen LogP contribution in [0, 0.1) is 0 Å². The number of methoxy groups -OCH3 is 1. The lowest BCUT2D eigenvalue weighted by Crippen LogP contribution is -2.19. The first kappa shape index (κ1) is 15.3. The first-order chi connectivity index (χ1) is 10.1. The second-order valence-corrected chi connectivity index (χ2v) is 5.20. The average Bonchev–Trinajstić information content (AvgIpc) is 2.52. The summed E-state index contributed by atoms with van der Waals surface area (Å²) >= 11 is 3.34. The number of amides is 1. The molecule has 2 rings (SSSR count). The molecule has 0 aliphatic rings. The SMILES string of the molecule is COc1cccc(C(C)=NNC(=O)c2ccccc2Br)c1. The number of rotatable bonds is 4. The van der Waals surface area contributed by atoms with Crippen molar-refractivity contribution in [1.29, 1.82) is 0 Å². The number of benzene rings is 2. The number of nitrogens with one attached hydrogen (secondary N) is 1. The molecular weight excluding hydrogens is 332 g/mol. The number of halogens is 1. The smallest absolute Gasteiger partial charge is 0.272 e. The number of ether oxygens (including phenoxy) is 1. The summed E-state index contributed by atoms with van der Waals surface area (Å²) in [6.45, 7) is 1.83. The van der Waals surface area contributed by atoms with Crippen LogP contribution >= 0.6 is 15.9 Å². The largest absolute Gasteiger partial charge is 0.497 e. The van der Waals surface area contributed by atoms with Crippen molar-refractivity contribution in [2.24, 2.45) is 5.10 Å². The van der Waals surface area contributed by atoms with Crippen LogP contribution in [0.3, 0.4) is 0 Å². The molecule has 0 heterocycles. The Balaban J connectivity index is 2.13. The van der Waals surface area contributed by atoms with Crippen molar-refractivity contribution < 1.29 is 9.53 Å². The minimum Gasteiger partial charge on any atom is -0.497 e. The van der Waals surface area contributed by atoms with Gasteiger partial charge in [0.15, 0.2) is 0 Å². The summed E-state index contributed by atoms with van der Waals surface area (Å²) < 4.78 is 5.90. The van der Waals surface area contributed by atoms with E-state index < -0.39 is 0 Å². The molecule has 0 fully saturated rings. The van der Waals surface area contributed by atoms with Crippen LogP contribution in [0.1, 0.15) is 22.8 Å². The number of carbonyl (C=O) groups excluding carboxylic acids is 1. The summed E-state index contributed by atoms with van der Waals surface area (Å²) in [4.78, 5) is 12.1. The highest BCUT2D eigenvalue weighted by atomic mass is 79.9. The van der Waals surface area contributed by atoms with Gasteiger partial charge in [-0.1, -0.05) is 24.3 Å². The maximum absolute atomic E-state index is 12.1. The molecule has 0 saturated carbocycles. The normalized spacial score (nSPS) is 11.1. The van der Waals surface area contributed by atoms with Crippen molar-refractivity contribution in [2.45, 2.75) is 6.92 Å². The van der Waals surface area contributed by atoms with Crippen LogP contribution in [0.25, 0.3) is 0 Å². The summed E-state index contributed by atoms with van der Waals surface area (Å²) in [6.07, 6.45) is 0. The van der Waals surface area contributed by atoms with Gasteiger partial charge in [-0.25, -0.2) is 5.43 Å². The third-order valence-electron chi connectivity index (χ3n) is 2.93. The Hall–Kier alpha value is -2.14. The van der Waals surface area contributed by atoms with Crippen LogP contribution in [-0.2, 0) is 0 Å². The molecule has 21 heavy (non-hydrogen) atoms. The van der Waals surface area contributed by atoms with Crippen molar-refractivity contribution >= 4 is 27.5 Å². The predicted octanol–water partition coefficient (Wildman–Crippen LogP) is 3.61. The second-order valence-electron chi connectivity index (χ2n) is 4.35. The Morgan fingerprint density at radius 1 is 1.19 bits per heavy atom. The van der Waals surface area contributed by atoms with Crippen molar-refractivity contribution in [3.05, 3.63) is 64.1 Å². The van der Waals surface area contributed by atoms with Crippen molar-refractivity contribution in [3.63, 3.8) is 0 Å². The molecule has 0 atom stereocenters. The minimum atomic E-state index is -0.260. The summed E-state index contributed by atoms with van der Waals surface area (Å²) in [7, 11) is 1.61. The highest BCUT2D eigenvalue weighted by Crippen LogP contribution is 2.16. The van der Waals surface area contributed by atoms with Crippen LogP contribution in [-0.4, -0.2) is 18.7 Å². The first-order valence-electron chi connectivity index (χ1n) is 6.35. The Morgan fingerprint density at radius 2 is 1.95 bits per heavy atom. The molecule has 5 heteroatoms. The Morgan fingerprint density at radius 3 is 2.67 bits per heavy atom. The molecule has 0 bridgehead atoms. The Kier molecular flexibility index (Phi) is 5.11. The van der Waals surface area contributed by atoms with Gasteiger partial charge < -0.3 is 4.74 Å². The molecule has 1 amide bonds. The highest BCUT2D eigenvalue weighted by Gasteiger charge is 2.08. The van der Waals surface area contributed by atoms with Crippen LogP contribution in [0.5, 0.6) is 5.75 Å². The van der Waals surface area contributed by atoms with Gasteiger partial charge in [-0.3, -0.25) is 4.79 Å². The van der Waals surface area contributed by atoms with E-state index in [-0.39, 0.29) is 5.91 Å². The van der Waals surface area contributed by atoms with E-state index in [1.165, 1.54) is 0 Å². The second kappa shape index (κ2) is 7.04. The Bertz CT molecular complexity index is 683. The Labute approximate surface area is 132 Å². The van der Waals surface area contributed by atoms with E-state index in [9.17, 15) is 4.79 Å². The van der Waals surface area contributed by atoms with Gasteiger partial charge in [-0.15, -0.1) is 0 Å². The van der Waals surface area contributed by atoms with Crippen molar-refractivity contribution in [1.82, 2.24) is 5.43 Å². The molecule has 0 aliphatic heterocycles. The molecule has 4 nitrogen and oxygen atoms in total. The van der Waals surface area contributed by atoms with Crippen LogP contribution in [0.2, 0.25) is 0 Å². The monoisotopic (exact) mass is 346 g/mol. The number of hydrogen-bond acceptors (Lipinski definition) is 3. The molecule has 0 radical (unpaired) electrons. The quantitative estimate of drug-likeness (QED) is 0.679. The third-order valence-corrected chi connectivity index (χ3v) is 3.62. The molecule has 1 N–H and O–H groups in total. The van der Waals surface area contributed by atoms with Gasteiger partial charge in [0, 0.05) is 10.0 Å². The molecule has 0 aromatic heterocycles. The third kappa shape index (κ3) is 3.92. The van der Waals surface area contributed by atoms with Gasteiger partial charge >= 0.3 is 0 Å². The van der Waals surface area contributed by atoms with E-state index in [4.69, 9.17) is 4.74 Å². The van der Waals surface area contributed by atoms with Crippen LogP contribution in [0.4, 0.5) is 0 Å².